The molecule has 2 N–H and O–H groups in total. The van der Waals surface area contributed by atoms with Gasteiger partial charge in [0.25, 0.3) is 0 Å². The van der Waals surface area contributed by atoms with Crippen LogP contribution >= 0.6 is 11.6 Å². The van der Waals surface area contributed by atoms with Crippen molar-refractivity contribution in [1.29, 1.82) is 0 Å². The summed E-state index contributed by atoms with van der Waals surface area (Å²) in [5.41, 5.74) is 0.959. The first-order valence-electron chi connectivity index (χ1n) is 6.55. The zero-order valence-corrected chi connectivity index (χ0v) is 12.8. The molecule has 0 bridgehead atoms. The minimum absolute atomic E-state index is 0.166. The molecule has 1 aromatic rings. The standard InChI is InChI=1S/C12H19ClN6O2/c1-3-17-8-16(2)12(15-19(20)21)18(9-17)7-10-4-5-11(13)14-6-10/h4-6,20-21H,3,7-9H2,1-2H3. The number of nitrogens with zero attached hydrogens (tertiary/aromatic N) is 6. The first kappa shape index (κ1) is 15.8. The fourth-order valence-electron chi connectivity index (χ4n) is 2.21. The summed E-state index contributed by atoms with van der Waals surface area (Å²) in [6, 6.07) is 3.61. The molecule has 116 valence electrons. The third kappa shape index (κ3) is 4.18. The number of hydrazone groups is 1. The van der Waals surface area contributed by atoms with Crippen molar-refractivity contribution in [3.05, 3.63) is 29.0 Å². The van der Waals surface area contributed by atoms with Crippen LogP contribution in [-0.2, 0) is 6.54 Å². The zero-order chi connectivity index (χ0) is 15.4. The van der Waals surface area contributed by atoms with Crippen molar-refractivity contribution in [3.63, 3.8) is 0 Å². The second-order valence-electron chi connectivity index (χ2n) is 4.82. The van der Waals surface area contributed by atoms with Crippen molar-refractivity contribution < 1.29 is 10.4 Å². The average molecular weight is 315 g/mol. The Bertz CT molecular complexity index is 495. The number of guanidine groups is 1. The predicted molar refractivity (Wildman–Crippen MR) is 77.5 cm³/mol. The molecule has 0 spiro atoms. The number of halogens is 1. The predicted octanol–water partition coefficient (Wildman–Crippen LogP) is 1.07. The van der Waals surface area contributed by atoms with E-state index in [0.717, 1.165) is 12.1 Å². The van der Waals surface area contributed by atoms with Gasteiger partial charge in [0.2, 0.25) is 5.96 Å². The van der Waals surface area contributed by atoms with E-state index in [4.69, 9.17) is 22.0 Å². The van der Waals surface area contributed by atoms with Crippen LogP contribution in [0.25, 0.3) is 0 Å². The van der Waals surface area contributed by atoms with Gasteiger partial charge in [0, 0.05) is 19.8 Å². The maximum Gasteiger partial charge on any atom is 0.226 e. The van der Waals surface area contributed by atoms with Crippen LogP contribution in [0.1, 0.15) is 12.5 Å². The van der Waals surface area contributed by atoms with Crippen molar-refractivity contribution in [2.24, 2.45) is 5.10 Å². The minimum atomic E-state index is -0.166. The summed E-state index contributed by atoms with van der Waals surface area (Å²) in [4.78, 5) is 10.0. The van der Waals surface area contributed by atoms with Gasteiger partial charge in [-0.2, -0.15) is 0 Å². The van der Waals surface area contributed by atoms with Crippen LogP contribution in [0.3, 0.4) is 0 Å². The number of aromatic nitrogens is 1. The third-order valence-corrected chi connectivity index (χ3v) is 3.42. The number of hydrogen-bond donors (Lipinski definition) is 2. The summed E-state index contributed by atoms with van der Waals surface area (Å²) in [5, 5.41) is 21.9. The molecule has 0 aromatic carbocycles. The van der Waals surface area contributed by atoms with E-state index in [-0.39, 0.29) is 5.34 Å². The lowest BCUT2D eigenvalue weighted by Gasteiger charge is -2.42. The Kier molecular flexibility index (Phi) is 5.18. The van der Waals surface area contributed by atoms with Crippen LogP contribution < -0.4 is 0 Å². The smallest absolute Gasteiger partial charge is 0.226 e. The quantitative estimate of drug-likeness (QED) is 0.635. The topological polar surface area (TPSA) is 78.7 Å². The molecule has 21 heavy (non-hydrogen) atoms. The molecular weight excluding hydrogens is 296 g/mol. The lowest BCUT2D eigenvalue weighted by Crippen LogP contribution is -2.57. The maximum atomic E-state index is 8.97. The number of rotatable bonds is 4. The molecular formula is C12H19ClN6O2. The Morgan fingerprint density at radius 1 is 1.38 bits per heavy atom. The molecule has 8 nitrogen and oxygen atoms in total. The van der Waals surface area contributed by atoms with Gasteiger partial charge in [-0.1, -0.05) is 29.7 Å². The largest absolute Gasteiger partial charge is 0.331 e. The highest BCUT2D eigenvalue weighted by atomic mass is 35.5. The number of hydrogen-bond acceptors (Lipinski definition) is 6. The van der Waals surface area contributed by atoms with Gasteiger partial charge in [-0.15, -0.1) is 0 Å². The zero-order valence-electron chi connectivity index (χ0n) is 12.0. The summed E-state index contributed by atoms with van der Waals surface area (Å²) in [6.45, 7) is 4.80. The van der Waals surface area contributed by atoms with Crippen molar-refractivity contribution in [2.75, 3.05) is 26.9 Å². The van der Waals surface area contributed by atoms with Crippen molar-refractivity contribution >= 4 is 17.6 Å². The highest BCUT2D eigenvalue weighted by Crippen LogP contribution is 2.14. The van der Waals surface area contributed by atoms with Gasteiger partial charge in [-0.25, -0.2) is 15.4 Å². The Morgan fingerprint density at radius 2 is 2.14 bits per heavy atom. The molecule has 0 atom stereocenters. The van der Waals surface area contributed by atoms with Crippen molar-refractivity contribution in [1.82, 2.24) is 25.0 Å². The molecule has 2 rings (SSSR count). The molecule has 1 aromatic heterocycles. The van der Waals surface area contributed by atoms with E-state index in [9.17, 15) is 0 Å². The molecule has 0 radical (unpaired) electrons. The lowest BCUT2D eigenvalue weighted by atomic mass is 10.2. The Labute approximate surface area is 128 Å². The first-order valence-corrected chi connectivity index (χ1v) is 6.92. The molecule has 1 aliphatic heterocycles. The molecule has 9 heteroatoms. The van der Waals surface area contributed by atoms with Gasteiger partial charge in [0.1, 0.15) is 5.15 Å². The third-order valence-electron chi connectivity index (χ3n) is 3.20. The highest BCUT2D eigenvalue weighted by Gasteiger charge is 2.26. The van der Waals surface area contributed by atoms with E-state index < -0.39 is 0 Å². The van der Waals surface area contributed by atoms with Crippen LogP contribution in [0.4, 0.5) is 0 Å². The molecule has 1 fully saturated rings. The normalized spacial score (nSPS) is 18.4. The van der Waals surface area contributed by atoms with Crippen LogP contribution in [-0.4, -0.2) is 68.3 Å². The summed E-state index contributed by atoms with van der Waals surface area (Å²) in [5.74, 6) is 0.472. The molecule has 0 unspecified atom stereocenters. The van der Waals surface area contributed by atoms with E-state index in [0.29, 0.717) is 31.0 Å². The van der Waals surface area contributed by atoms with Gasteiger partial charge in [0.05, 0.1) is 13.3 Å². The second kappa shape index (κ2) is 6.90. The molecule has 1 saturated heterocycles. The van der Waals surface area contributed by atoms with Gasteiger partial charge in [-0.3, -0.25) is 4.90 Å². The Morgan fingerprint density at radius 3 is 2.71 bits per heavy atom. The highest BCUT2D eigenvalue weighted by molar-refractivity contribution is 6.29. The molecule has 2 heterocycles. The van der Waals surface area contributed by atoms with E-state index in [2.05, 4.69) is 21.9 Å². The summed E-state index contributed by atoms with van der Waals surface area (Å²) in [7, 11) is 1.84. The van der Waals surface area contributed by atoms with E-state index in [1.165, 1.54) is 0 Å². The van der Waals surface area contributed by atoms with Crippen LogP contribution in [0.15, 0.2) is 23.4 Å². The summed E-state index contributed by atoms with van der Waals surface area (Å²) < 4.78 is 0. The lowest BCUT2D eigenvalue weighted by molar-refractivity contribution is -0.309. The van der Waals surface area contributed by atoms with Crippen LogP contribution in [0.2, 0.25) is 5.15 Å². The molecule has 0 amide bonds. The van der Waals surface area contributed by atoms with E-state index in [1.54, 1.807) is 12.3 Å². The first-order chi connectivity index (χ1) is 9.99. The van der Waals surface area contributed by atoms with Crippen molar-refractivity contribution in [2.45, 2.75) is 13.5 Å². The average Bonchev–Trinajstić information content (AvgIpc) is 2.44. The maximum absolute atomic E-state index is 8.97. The summed E-state index contributed by atoms with van der Waals surface area (Å²) >= 11 is 5.78. The SMILES string of the molecule is CCN1CN(C)C(=NN(O)O)N(Cc2ccc(Cl)nc2)C1. The monoisotopic (exact) mass is 314 g/mol. The van der Waals surface area contributed by atoms with E-state index in [1.807, 2.05) is 22.9 Å². The molecule has 0 aliphatic carbocycles. The van der Waals surface area contributed by atoms with Crippen LogP contribution in [0.5, 0.6) is 0 Å². The fourth-order valence-corrected chi connectivity index (χ4v) is 2.33. The fraction of sp³-hybridized carbons (Fsp3) is 0.500. The van der Waals surface area contributed by atoms with Gasteiger partial charge in [0.15, 0.2) is 0 Å². The van der Waals surface area contributed by atoms with Gasteiger partial charge in [-0.05, 0) is 23.5 Å². The Balaban J connectivity index is 2.19. The second-order valence-corrected chi connectivity index (χ2v) is 5.21. The minimum Gasteiger partial charge on any atom is -0.331 e. The number of pyridine rings is 1. The molecule has 0 saturated carbocycles. The molecule has 1 aliphatic rings. The Hall–Kier alpha value is -1.61. The van der Waals surface area contributed by atoms with E-state index >= 15 is 0 Å². The van der Waals surface area contributed by atoms with Crippen molar-refractivity contribution in [3.8, 4) is 0 Å². The van der Waals surface area contributed by atoms with Gasteiger partial charge >= 0.3 is 0 Å². The van der Waals surface area contributed by atoms with Crippen LogP contribution in [0, 0.1) is 0 Å². The summed E-state index contributed by atoms with van der Waals surface area (Å²) in [6.07, 6.45) is 1.69. The van der Waals surface area contributed by atoms with Gasteiger partial charge < -0.3 is 9.80 Å².